The second-order valence-electron chi connectivity index (χ2n) is 8.88. The number of amides is 2. The zero-order chi connectivity index (χ0) is 21.4. The smallest absolute Gasteiger partial charge is 0.410 e. The van der Waals surface area contributed by atoms with Gasteiger partial charge in [0.1, 0.15) is 12.1 Å². The molecule has 0 radical (unpaired) electrons. The Morgan fingerprint density at radius 2 is 2.00 bits per heavy atom. The van der Waals surface area contributed by atoms with Gasteiger partial charge in [-0.05, 0) is 46.5 Å². The summed E-state index contributed by atoms with van der Waals surface area (Å²) in [4.78, 5) is 31.9. The monoisotopic (exact) mass is 411 g/mol. The van der Waals surface area contributed by atoms with Crippen molar-refractivity contribution in [2.45, 2.75) is 64.2 Å². The van der Waals surface area contributed by atoms with Crippen LogP contribution < -0.4 is 10.6 Å². The van der Waals surface area contributed by atoms with Crippen molar-refractivity contribution < 1.29 is 19.1 Å². The highest BCUT2D eigenvalue weighted by molar-refractivity contribution is 5.85. The summed E-state index contributed by atoms with van der Waals surface area (Å²) >= 11 is 0. The van der Waals surface area contributed by atoms with E-state index in [4.69, 9.17) is 9.47 Å². The minimum absolute atomic E-state index is 0.0514. The zero-order valence-corrected chi connectivity index (χ0v) is 18.5. The molecule has 0 aromatic heterocycles. The quantitative estimate of drug-likeness (QED) is 0.521. The Morgan fingerprint density at radius 1 is 1.24 bits per heavy atom. The summed E-state index contributed by atoms with van der Waals surface area (Å²) in [5.41, 5.74) is -0.511. The molecule has 0 aromatic rings. The van der Waals surface area contributed by atoms with Gasteiger partial charge in [0.25, 0.3) is 0 Å². The average molecular weight is 412 g/mol. The van der Waals surface area contributed by atoms with Crippen LogP contribution in [0.2, 0.25) is 0 Å². The summed E-state index contributed by atoms with van der Waals surface area (Å²) in [6.45, 7) is 8.25. The van der Waals surface area contributed by atoms with E-state index < -0.39 is 5.60 Å². The maximum absolute atomic E-state index is 12.3. The maximum atomic E-state index is 12.3. The molecule has 2 saturated heterocycles. The first-order chi connectivity index (χ1) is 13.6. The Kier molecular flexibility index (Phi) is 8.55. The number of likely N-dealkylation sites (tertiary alicyclic amines) is 1. The van der Waals surface area contributed by atoms with Crippen molar-refractivity contribution in [1.29, 1.82) is 0 Å². The summed E-state index contributed by atoms with van der Waals surface area (Å²) in [6, 6.07) is 0.0514. The number of nitrogens with zero attached hydrogens (tertiary/aromatic N) is 3. The molecule has 0 spiro atoms. The minimum Gasteiger partial charge on any atom is -0.444 e. The van der Waals surface area contributed by atoms with Gasteiger partial charge in [-0.15, -0.1) is 0 Å². The number of carbonyl (C=O) groups is 2. The molecule has 0 saturated carbocycles. The molecule has 9 heteroatoms. The van der Waals surface area contributed by atoms with Crippen LogP contribution in [0.3, 0.4) is 0 Å². The van der Waals surface area contributed by atoms with Crippen molar-refractivity contribution in [3.8, 4) is 0 Å². The predicted octanol–water partition coefficient (Wildman–Crippen LogP) is 1.19. The van der Waals surface area contributed by atoms with Gasteiger partial charge in [0.2, 0.25) is 5.91 Å². The highest BCUT2D eigenvalue weighted by Gasteiger charge is 2.30. The standard InChI is InChI=1S/C20H37N5O4/c1-20(2,3)29-19(27)25-10-9-15(14-25)23-18(22-13-17(26)24(4)5)21-12-16-8-6-7-11-28-16/h15-16H,6-14H2,1-5H3,(H2,21,22,23). The molecule has 2 heterocycles. The largest absolute Gasteiger partial charge is 0.444 e. The molecule has 2 rings (SSSR count). The number of rotatable bonds is 5. The molecule has 2 fully saturated rings. The van der Waals surface area contributed by atoms with E-state index >= 15 is 0 Å². The van der Waals surface area contributed by atoms with E-state index in [0.29, 0.717) is 25.6 Å². The third kappa shape index (κ3) is 8.47. The summed E-state index contributed by atoms with van der Waals surface area (Å²) in [7, 11) is 3.42. The third-order valence-corrected chi connectivity index (χ3v) is 4.82. The molecule has 2 unspecified atom stereocenters. The van der Waals surface area contributed by atoms with E-state index in [1.165, 1.54) is 11.3 Å². The van der Waals surface area contributed by atoms with Crippen LogP contribution in [0.1, 0.15) is 46.5 Å². The van der Waals surface area contributed by atoms with Crippen molar-refractivity contribution >= 4 is 18.0 Å². The normalized spacial score (nSPS) is 22.9. The number of aliphatic imine (C=N–C) groups is 1. The van der Waals surface area contributed by atoms with E-state index in [1.807, 2.05) is 20.8 Å². The highest BCUT2D eigenvalue weighted by atomic mass is 16.6. The molecule has 166 valence electrons. The van der Waals surface area contributed by atoms with Crippen molar-refractivity contribution in [2.75, 3.05) is 46.9 Å². The Labute approximate surface area is 174 Å². The second-order valence-corrected chi connectivity index (χ2v) is 8.88. The lowest BCUT2D eigenvalue weighted by Crippen LogP contribution is -2.48. The van der Waals surface area contributed by atoms with Crippen molar-refractivity contribution in [3.63, 3.8) is 0 Å². The lowest BCUT2D eigenvalue weighted by Gasteiger charge is -2.26. The van der Waals surface area contributed by atoms with Gasteiger partial charge in [-0.1, -0.05) is 0 Å². The molecule has 2 aliphatic rings. The third-order valence-electron chi connectivity index (χ3n) is 4.82. The van der Waals surface area contributed by atoms with Gasteiger partial charge < -0.3 is 29.9 Å². The molecule has 2 amide bonds. The Hall–Kier alpha value is -2.03. The molecule has 0 aliphatic carbocycles. The van der Waals surface area contributed by atoms with Crippen molar-refractivity contribution in [3.05, 3.63) is 0 Å². The van der Waals surface area contributed by atoms with Crippen LogP contribution in [-0.2, 0) is 14.3 Å². The number of hydrogen-bond donors (Lipinski definition) is 2. The van der Waals surface area contributed by atoms with E-state index in [2.05, 4.69) is 15.6 Å². The first kappa shape index (κ1) is 23.3. The summed E-state index contributed by atoms with van der Waals surface area (Å²) in [5.74, 6) is 0.507. The molecule has 0 bridgehead atoms. The summed E-state index contributed by atoms with van der Waals surface area (Å²) < 4.78 is 11.2. The lowest BCUT2D eigenvalue weighted by atomic mass is 10.1. The van der Waals surface area contributed by atoms with Gasteiger partial charge >= 0.3 is 6.09 Å². The predicted molar refractivity (Wildman–Crippen MR) is 112 cm³/mol. The van der Waals surface area contributed by atoms with Crippen LogP contribution in [0.5, 0.6) is 0 Å². The van der Waals surface area contributed by atoms with E-state index in [0.717, 1.165) is 25.9 Å². The van der Waals surface area contributed by atoms with Gasteiger partial charge in [-0.25, -0.2) is 9.79 Å². The SMILES string of the molecule is CN(C)C(=O)CN=C(NCC1CCCCO1)NC1CCN(C(=O)OC(C)(C)C)C1. The fraction of sp³-hybridized carbons (Fsp3) is 0.850. The van der Waals surface area contributed by atoms with Crippen LogP contribution in [0.4, 0.5) is 4.79 Å². The summed E-state index contributed by atoms with van der Waals surface area (Å²) in [6.07, 6.45) is 3.94. The van der Waals surface area contributed by atoms with Gasteiger partial charge in [0.05, 0.1) is 6.10 Å². The van der Waals surface area contributed by atoms with Crippen LogP contribution >= 0.6 is 0 Å². The Balaban J connectivity index is 1.91. The van der Waals surface area contributed by atoms with Gasteiger partial charge in [-0.2, -0.15) is 0 Å². The molecular weight excluding hydrogens is 374 g/mol. The van der Waals surface area contributed by atoms with Crippen LogP contribution in [-0.4, -0.2) is 92.4 Å². The molecular formula is C20H37N5O4. The maximum Gasteiger partial charge on any atom is 0.410 e. The molecule has 2 atom stereocenters. The minimum atomic E-state index is -0.511. The number of guanidine groups is 1. The van der Waals surface area contributed by atoms with Crippen LogP contribution in [0, 0.1) is 0 Å². The second kappa shape index (κ2) is 10.7. The fourth-order valence-corrected chi connectivity index (χ4v) is 3.18. The van der Waals surface area contributed by atoms with E-state index in [-0.39, 0.29) is 30.7 Å². The topological polar surface area (TPSA) is 95.5 Å². The number of hydrogen-bond acceptors (Lipinski definition) is 5. The van der Waals surface area contributed by atoms with E-state index in [1.54, 1.807) is 19.0 Å². The van der Waals surface area contributed by atoms with Gasteiger partial charge in [0, 0.05) is 46.4 Å². The number of ether oxygens (including phenoxy) is 2. The Morgan fingerprint density at radius 3 is 2.62 bits per heavy atom. The van der Waals surface area contributed by atoms with E-state index in [9.17, 15) is 9.59 Å². The average Bonchev–Trinajstić information content (AvgIpc) is 3.11. The first-order valence-electron chi connectivity index (χ1n) is 10.5. The van der Waals surface area contributed by atoms with Crippen molar-refractivity contribution in [1.82, 2.24) is 20.4 Å². The summed E-state index contributed by atoms with van der Waals surface area (Å²) in [5, 5.41) is 6.66. The molecule has 9 nitrogen and oxygen atoms in total. The molecule has 0 aromatic carbocycles. The van der Waals surface area contributed by atoms with Gasteiger partial charge in [0.15, 0.2) is 5.96 Å². The molecule has 29 heavy (non-hydrogen) atoms. The molecule has 2 N–H and O–H groups in total. The Bertz CT molecular complexity index is 582. The lowest BCUT2D eigenvalue weighted by molar-refractivity contribution is -0.127. The number of carbonyl (C=O) groups excluding carboxylic acids is 2. The van der Waals surface area contributed by atoms with Crippen LogP contribution in [0.15, 0.2) is 4.99 Å². The highest BCUT2D eigenvalue weighted by Crippen LogP contribution is 2.15. The fourth-order valence-electron chi connectivity index (χ4n) is 3.18. The van der Waals surface area contributed by atoms with Crippen LogP contribution in [0.25, 0.3) is 0 Å². The molecule has 2 aliphatic heterocycles. The first-order valence-corrected chi connectivity index (χ1v) is 10.5. The number of likely N-dealkylation sites (N-methyl/N-ethyl adjacent to an activating group) is 1. The van der Waals surface area contributed by atoms with Gasteiger partial charge in [-0.3, -0.25) is 4.79 Å². The zero-order valence-electron chi connectivity index (χ0n) is 18.5. The number of nitrogens with one attached hydrogen (secondary N) is 2. The van der Waals surface area contributed by atoms with Crippen molar-refractivity contribution in [2.24, 2.45) is 4.99 Å².